The molecule has 4 aromatic carbocycles. The molecule has 320 valence electrons. The van der Waals surface area contributed by atoms with Crippen molar-refractivity contribution < 1.29 is 53.4 Å². The molecule has 2 aliphatic rings. The van der Waals surface area contributed by atoms with Gasteiger partial charge in [0.05, 0.1) is 19.7 Å². The zero-order chi connectivity index (χ0) is 41.7. The van der Waals surface area contributed by atoms with Crippen LogP contribution in [0.3, 0.4) is 0 Å². The van der Waals surface area contributed by atoms with E-state index in [-0.39, 0.29) is 64.0 Å². The van der Waals surface area contributed by atoms with Gasteiger partial charge in [-0.1, -0.05) is 83.9 Å². The van der Waals surface area contributed by atoms with E-state index in [1.54, 1.807) is 0 Å². The molecule has 62 heavy (non-hydrogen) atoms. The molecule has 0 unspecified atom stereocenters. The van der Waals surface area contributed by atoms with Crippen molar-refractivity contribution in [2.75, 3.05) is 36.0 Å². The van der Waals surface area contributed by atoms with E-state index in [0.29, 0.717) is 41.9 Å². The summed E-state index contributed by atoms with van der Waals surface area (Å²) in [5.41, 5.74) is 16.2. The second-order valence-corrected chi connectivity index (χ2v) is 16.7. The fourth-order valence-electron chi connectivity index (χ4n) is 7.14. The molecule has 2 saturated heterocycles. The van der Waals surface area contributed by atoms with Gasteiger partial charge in [-0.15, -0.1) is 12.4 Å². The molecule has 2 N–H and O–H groups in total. The second kappa shape index (κ2) is 26.6. The standard InChI is InChI=1S/C23H20ClN3O.C23H24ClN3O.B.3ClH.Co.Na.H/c1-16-7-10-23(26-14-16)28-18-11-12-27(15-18)22-9-8-17(13-21(22)25-2)19-5-3-4-6-20(19)24;1-16-6-9-23(26-14-16)28-19-10-11-27(15-19)22-8-7-17(12-18(22)13-25)20-4-2-3-5-21(20)24;;;;;;;/h3-10,13-14,18H,11-12,15H2,1H3;2-9,12,14,19H,10-11,13,15,25H2,1H3;;3*1H;;;/q;;;;;;+2;+1;-1/p-2/t18-;19-;;;;;;;/m00......./s1. The van der Waals surface area contributed by atoms with E-state index in [4.69, 9.17) is 65.3 Å². The van der Waals surface area contributed by atoms with Crippen LogP contribution in [0.1, 0.15) is 31.0 Å². The van der Waals surface area contributed by atoms with Crippen molar-refractivity contribution in [3.63, 3.8) is 0 Å². The molecule has 0 bridgehead atoms. The Bertz CT molecular complexity index is 2370. The van der Waals surface area contributed by atoms with Gasteiger partial charge in [0.25, 0.3) is 0 Å². The minimum atomic E-state index is 0. The fraction of sp³-hybridized carbons (Fsp3) is 0.239. The monoisotopic (exact) mass is 982 g/mol. The number of ether oxygens (including phenoxy) is 2. The number of hydrogen-bond acceptors (Lipinski definition) is 7. The quantitative estimate of drug-likeness (QED) is 0.114. The number of halogens is 5. The Kier molecular flexibility index (Phi) is 22.8. The van der Waals surface area contributed by atoms with E-state index in [9.17, 15) is 0 Å². The first-order valence-corrected chi connectivity index (χ1v) is 22.7. The maximum Gasteiger partial charge on any atom is 1.00 e. The fourth-order valence-corrected chi connectivity index (χ4v) is 7.63. The number of nitrogens with two attached hydrogens (primary N) is 1. The molecular formula is C46H46BCl5CoN6NaO2. The number of hydrogen-bond donors (Lipinski definition) is 1. The van der Waals surface area contributed by atoms with Crippen LogP contribution < -0.4 is 54.6 Å². The van der Waals surface area contributed by atoms with Gasteiger partial charge < -0.3 is 26.4 Å². The van der Waals surface area contributed by atoms with Crippen molar-refractivity contribution in [1.29, 1.82) is 0 Å². The van der Waals surface area contributed by atoms with Gasteiger partial charge in [-0.05, 0) is 83.6 Å². The molecule has 0 saturated carbocycles. The summed E-state index contributed by atoms with van der Waals surface area (Å²) in [4.78, 5) is 17.0. The third-order valence-corrected chi connectivity index (χ3v) is 10.7. The normalized spacial score (nSPS) is 15.0. The zero-order valence-corrected chi connectivity index (χ0v) is 41.5. The summed E-state index contributed by atoms with van der Waals surface area (Å²) in [5, 5.41) is 1.44. The molecule has 16 heteroatoms. The predicted octanol–water partition coefficient (Wildman–Crippen LogP) is 9.28. The zero-order valence-electron chi connectivity index (χ0n) is 35.6. The minimum Gasteiger partial charge on any atom is -1.00 e. The van der Waals surface area contributed by atoms with Gasteiger partial charge >= 0.3 is 62.7 Å². The number of anilines is 2. The average Bonchev–Trinajstić information content (AvgIpc) is 3.93. The molecular weight excluding hydrogens is 939 g/mol. The van der Waals surface area contributed by atoms with Gasteiger partial charge in [0.2, 0.25) is 17.4 Å². The van der Waals surface area contributed by atoms with Crippen LogP contribution in [0.15, 0.2) is 122 Å². The number of benzene rings is 4. The Morgan fingerprint density at radius 3 is 1.61 bits per heavy atom. The topological polar surface area (TPSA) is 81.1 Å². The van der Waals surface area contributed by atoms with Crippen molar-refractivity contribution in [1.82, 2.24) is 9.97 Å². The first-order valence-electron chi connectivity index (χ1n) is 19.1. The predicted molar refractivity (Wildman–Crippen MR) is 254 cm³/mol. The molecule has 4 heterocycles. The molecule has 2 aromatic heterocycles. The summed E-state index contributed by atoms with van der Waals surface area (Å²) in [6.45, 7) is 15.5. The van der Waals surface area contributed by atoms with Gasteiger partial charge in [0.1, 0.15) is 12.2 Å². The maximum atomic E-state index is 7.64. The Hall–Kier alpha value is -3.15. The number of nitrogens with zero attached hydrogens (tertiary/aromatic N) is 5. The van der Waals surface area contributed by atoms with Gasteiger partial charge in [0.15, 0.2) is 0 Å². The third kappa shape index (κ3) is 14.4. The molecule has 2 aliphatic heterocycles. The van der Waals surface area contributed by atoms with Crippen LogP contribution in [0.5, 0.6) is 11.8 Å². The van der Waals surface area contributed by atoms with E-state index < -0.39 is 0 Å². The van der Waals surface area contributed by atoms with Crippen molar-refractivity contribution in [2.24, 2.45) is 5.73 Å². The first-order chi connectivity index (χ1) is 28.7. The van der Waals surface area contributed by atoms with Crippen LogP contribution in [-0.2, 0) is 19.4 Å². The molecule has 8 rings (SSSR count). The molecule has 2 atom stereocenters. The SMILES string of the molecule is Cc1ccc(O[C@H]2CCN(c3ccc(-c4ccccc4Cl)cc3CN)C2)nc1.Cl.[B].[C-]#[N+]c1cc(-c2ccccc2Cl)ccc1N1CC[C@H](Oc2ccc(C)cn2)C1.[Cl][Co][Cl].[H-].[Na+]. The second-order valence-electron chi connectivity index (χ2n) is 14.2. The number of aryl methyl sites for hydroxylation is 2. The molecule has 2 fully saturated rings. The number of rotatable bonds is 9. The Morgan fingerprint density at radius 2 is 1.18 bits per heavy atom. The van der Waals surface area contributed by atoms with E-state index in [1.165, 1.54) is 5.69 Å². The summed E-state index contributed by atoms with van der Waals surface area (Å²) in [5.74, 6) is 1.34. The third-order valence-electron chi connectivity index (χ3n) is 10.1. The van der Waals surface area contributed by atoms with Crippen LogP contribution in [0.25, 0.3) is 27.1 Å². The van der Waals surface area contributed by atoms with Crippen LogP contribution in [0.4, 0.5) is 17.1 Å². The largest absolute Gasteiger partial charge is 1.00 e. The van der Waals surface area contributed by atoms with Crippen molar-refractivity contribution in [3.05, 3.63) is 160 Å². The number of pyridine rings is 2. The molecule has 0 amide bonds. The summed E-state index contributed by atoms with van der Waals surface area (Å²) < 4.78 is 12.1. The average molecular weight is 985 g/mol. The molecule has 3 radical (unpaired) electrons. The van der Waals surface area contributed by atoms with Crippen LogP contribution >= 0.6 is 55.9 Å². The van der Waals surface area contributed by atoms with Crippen LogP contribution in [0.2, 0.25) is 10.0 Å². The summed E-state index contributed by atoms with van der Waals surface area (Å²) in [6.07, 6.45) is 5.71. The van der Waals surface area contributed by atoms with Crippen molar-refractivity contribution in [3.8, 4) is 34.0 Å². The Labute approximate surface area is 421 Å². The molecule has 0 spiro atoms. The van der Waals surface area contributed by atoms with E-state index in [2.05, 4.69) is 42.8 Å². The van der Waals surface area contributed by atoms with Gasteiger partial charge in [-0.25, -0.2) is 14.8 Å². The Morgan fingerprint density at radius 1 is 0.726 bits per heavy atom. The maximum absolute atomic E-state index is 7.64. The first kappa shape index (κ1) is 53.2. The van der Waals surface area contributed by atoms with Crippen LogP contribution in [0, 0.1) is 20.4 Å². The Balaban J connectivity index is 0.000000385. The van der Waals surface area contributed by atoms with Gasteiger partial charge in [0, 0.05) is 92.4 Å². The molecule has 8 nitrogen and oxygen atoms in total. The van der Waals surface area contributed by atoms with E-state index in [0.717, 1.165) is 88.7 Å². The molecule has 6 aromatic rings. The van der Waals surface area contributed by atoms with Crippen LogP contribution in [-0.4, -0.2) is 56.8 Å². The minimum absolute atomic E-state index is 0. The summed E-state index contributed by atoms with van der Waals surface area (Å²) >= 11 is 13.1. The van der Waals surface area contributed by atoms with Crippen molar-refractivity contribution in [2.45, 2.75) is 45.4 Å². The number of aromatic nitrogens is 2. The van der Waals surface area contributed by atoms with Gasteiger partial charge in [-0.2, -0.15) is 0 Å². The van der Waals surface area contributed by atoms with E-state index in [1.807, 2.05) is 117 Å². The van der Waals surface area contributed by atoms with Crippen molar-refractivity contribution >= 4 is 81.4 Å². The van der Waals surface area contributed by atoms with E-state index >= 15 is 0 Å². The van der Waals surface area contributed by atoms with Gasteiger partial charge in [-0.3, -0.25) is 0 Å². The summed E-state index contributed by atoms with van der Waals surface area (Å²) in [6, 6.07) is 35.8. The summed E-state index contributed by atoms with van der Waals surface area (Å²) in [7, 11) is 9.47. The smallest absolute Gasteiger partial charge is 1.00 e. The molecule has 0 aliphatic carbocycles.